The van der Waals surface area contributed by atoms with Crippen LogP contribution in [0.3, 0.4) is 0 Å². The summed E-state index contributed by atoms with van der Waals surface area (Å²) >= 11 is 0. The van der Waals surface area contributed by atoms with Gasteiger partial charge in [-0.1, -0.05) is 6.92 Å². The second-order valence-corrected chi connectivity index (χ2v) is 6.93. The molecule has 0 amide bonds. The molecule has 0 radical (unpaired) electrons. The highest BCUT2D eigenvalue weighted by Gasteiger charge is 2.22. The summed E-state index contributed by atoms with van der Waals surface area (Å²) in [4.78, 5) is 11.0. The lowest BCUT2D eigenvalue weighted by Crippen LogP contribution is -2.31. The van der Waals surface area contributed by atoms with Crippen LogP contribution in [0.2, 0.25) is 0 Å². The van der Waals surface area contributed by atoms with Crippen LogP contribution >= 0.6 is 0 Å². The van der Waals surface area contributed by atoms with Crippen LogP contribution in [0.25, 0.3) is 0 Å². The monoisotopic (exact) mass is 314 g/mol. The zero-order valence-electron chi connectivity index (χ0n) is 12.7. The van der Waals surface area contributed by atoms with E-state index in [1.807, 2.05) is 13.8 Å². The zero-order valence-corrected chi connectivity index (χ0v) is 13.5. The van der Waals surface area contributed by atoms with Gasteiger partial charge >= 0.3 is 5.97 Å². The number of benzene rings is 1. The minimum atomic E-state index is -3.78. The van der Waals surface area contributed by atoms with Crippen molar-refractivity contribution in [1.29, 1.82) is 0 Å². The molecule has 0 saturated heterocycles. The van der Waals surface area contributed by atoms with Crippen molar-refractivity contribution in [2.75, 3.05) is 5.32 Å². The number of carboxylic acid groups (broad SMARTS) is 1. The summed E-state index contributed by atoms with van der Waals surface area (Å²) < 4.78 is 27.2. The molecular formula is C14H22N2O4S. The zero-order chi connectivity index (χ0) is 16.2. The lowest BCUT2D eigenvalue weighted by molar-refractivity contribution is 0.0696. The van der Waals surface area contributed by atoms with Crippen molar-refractivity contribution < 1.29 is 18.3 Å². The number of hydrogen-bond donors (Lipinski definition) is 3. The van der Waals surface area contributed by atoms with E-state index in [4.69, 9.17) is 5.11 Å². The molecule has 21 heavy (non-hydrogen) atoms. The van der Waals surface area contributed by atoms with Gasteiger partial charge in [-0.3, -0.25) is 0 Å². The molecule has 0 aromatic heterocycles. The van der Waals surface area contributed by atoms with Crippen molar-refractivity contribution in [2.45, 2.75) is 51.1 Å². The fourth-order valence-electron chi connectivity index (χ4n) is 1.74. The summed E-state index contributed by atoms with van der Waals surface area (Å²) in [5.74, 6) is -1.16. The maximum atomic E-state index is 12.4. The molecule has 0 aliphatic heterocycles. The Kier molecular flexibility index (Phi) is 5.74. The second kappa shape index (κ2) is 6.91. The van der Waals surface area contributed by atoms with Gasteiger partial charge in [-0.05, 0) is 45.4 Å². The molecule has 118 valence electrons. The maximum absolute atomic E-state index is 12.4. The molecule has 1 unspecified atom stereocenters. The largest absolute Gasteiger partial charge is 0.478 e. The van der Waals surface area contributed by atoms with Crippen LogP contribution in [0.5, 0.6) is 0 Å². The van der Waals surface area contributed by atoms with Gasteiger partial charge in [0.25, 0.3) is 0 Å². The fraction of sp³-hybridized carbons (Fsp3) is 0.500. The van der Waals surface area contributed by atoms with Gasteiger partial charge in [0.1, 0.15) is 4.90 Å². The average molecular weight is 314 g/mol. The minimum Gasteiger partial charge on any atom is -0.478 e. The Balaban J connectivity index is 3.35. The van der Waals surface area contributed by atoms with Crippen LogP contribution in [-0.2, 0) is 10.0 Å². The minimum absolute atomic E-state index is 0.0450. The Labute approximate surface area is 125 Å². The molecule has 1 rings (SSSR count). The van der Waals surface area contributed by atoms with E-state index in [2.05, 4.69) is 10.0 Å². The molecule has 0 fully saturated rings. The van der Waals surface area contributed by atoms with E-state index < -0.39 is 16.0 Å². The van der Waals surface area contributed by atoms with Gasteiger partial charge in [0.05, 0.1) is 11.3 Å². The van der Waals surface area contributed by atoms with Crippen LogP contribution in [0.4, 0.5) is 5.69 Å². The van der Waals surface area contributed by atoms with Crippen molar-refractivity contribution in [2.24, 2.45) is 0 Å². The van der Waals surface area contributed by atoms with E-state index in [9.17, 15) is 13.2 Å². The predicted molar refractivity (Wildman–Crippen MR) is 82.2 cm³/mol. The highest BCUT2D eigenvalue weighted by atomic mass is 32.2. The van der Waals surface area contributed by atoms with Crippen molar-refractivity contribution in [3.63, 3.8) is 0 Å². The molecule has 1 atom stereocenters. The van der Waals surface area contributed by atoms with Gasteiger partial charge in [0.15, 0.2) is 0 Å². The van der Waals surface area contributed by atoms with Gasteiger partial charge in [-0.15, -0.1) is 0 Å². The summed E-state index contributed by atoms with van der Waals surface area (Å²) in [6, 6.07) is 3.86. The number of carbonyl (C=O) groups is 1. The first kappa shape index (κ1) is 17.5. The van der Waals surface area contributed by atoms with E-state index in [0.717, 1.165) is 6.42 Å². The summed E-state index contributed by atoms with van der Waals surface area (Å²) in [5, 5.41) is 12.1. The van der Waals surface area contributed by atoms with Crippen molar-refractivity contribution >= 4 is 21.7 Å². The highest BCUT2D eigenvalue weighted by Crippen LogP contribution is 2.24. The lowest BCUT2D eigenvalue weighted by atomic mass is 10.2. The van der Waals surface area contributed by atoms with Crippen LogP contribution in [-0.4, -0.2) is 31.6 Å². The Morgan fingerprint density at radius 2 is 1.90 bits per heavy atom. The van der Waals surface area contributed by atoms with Gasteiger partial charge in [-0.25, -0.2) is 17.9 Å². The molecule has 0 aliphatic carbocycles. The molecule has 0 spiro atoms. The molecule has 0 bridgehead atoms. The molecule has 7 heteroatoms. The van der Waals surface area contributed by atoms with E-state index >= 15 is 0 Å². The van der Waals surface area contributed by atoms with Crippen molar-refractivity contribution in [3.05, 3.63) is 23.8 Å². The third-order valence-corrected chi connectivity index (χ3v) is 4.62. The predicted octanol–water partition coefficient (Wildman–Crippen LogP) is 2.28. The fourth-order valence-corrected chi connectivity index (χ4v) is 3.18. The number of sulfonamides is 1. The van der Waals surface area contributed by atoms with E-state index in [1.165, 1.54) is 18.2 Å². The third-order valence-electron chi connectivity index (χ3n) is 2.92. The van der Waals surface area contributed by atoms with Gasteiger partial charge < -0.3 is 10.4 Å². The molecule has 1 aromatic carbocycles. The number of rotatable bonds is 7. The number of hydrogen-bond acceptors (Lipinski definition) is 4. The van der Waals surface area contributed by atoms with E-state index in [0.29, 0.717) is 5.69 Å². The standard InChI is InChI=1S/C14H22N2O4S/c1-5-10(4)15-12-7-6-11(14(17)18)8-13(12)21(19,20)16-9(2)3/h6-10,15-16H,5H2,1-4H3,(H,17,18). The third kappa shape index (κ3) is 4.71. The summed E-state index contributed by atoms with van der Waals surface area (Å²) in [5.41, 5.74) is 0.344. The number of anilines is 1. The van der Waals surface area contributed by atoms with Crippen molar-refractivity contribution in [3.8, 4) is 0 Å². The Morgan fingerprint density at radius 1 is 1.29 bits per heavy atom. The van der Waals surface area contributed by atoms with E-state index in [-0.39, 0.29) is 22.5 Å². The number of carboxylic acids is 1. The maximum Gasteiger partial charge on any atom is 0.335 e. The molecule has 0 saturated carbocycles. The molecule has 1 aromatic rings. The van der Waals surface area contributed by atoms with Crippen LogP contribution in [0.15, 0.2) is 23.1 Å². The first-order valence-electron chi connectivity index (χ1n) is 6.83. The van der Waals surface area contributed by atoms with Crippen LogP contribution in [0, 0.1) is 0 Å². The SMILES string of the molecule is CCC(C)Nc1ccc(C(=O)O)cc1S(=O)(=O)NC(C)C. The number of aromatic carboxylic acids is 1. The average Bonchev–Trinajstić information content (AvgIpc) is 2.37. The van der Waals surface area contributed by atoms with Gasteiger partial charge in [-0.2, -0.15) is 0 Å². The summed E-state index contributed by atoms with van der Waals surface area (Å²) in [7, 11) is -3.78. The van der Waals surface area contributed by atoms with Crippen LogP contribution in [0.1, 0.15) is 44.5 Å². The Hall–Kier alpha value is -1.60. The normalized spacial score (nSPS) is 13.2. The lowest BCUT2D eigenvalue weighted by Gasteiger charge is -2.18. The number of nitrogens with one attached hydrogen (secondary N) is 2. The first-order chi connectivity index (χ1) is 9.67. The molecule has 3 N–H and O–H groups in total. The van der Waals surface area contributed by atoms with E-state index in [1.54, 1.807) is 13.8 Å². The Bertz CT molecular complexity index is 611. The molecule has 0 aliphatic rings. The highest BCUT2D eigenvalue weighted by molar-refractivity contribution is 7.89. The quantitative estimate of drug-likeness (QED) is 0.717. The molecule has 6 nitrogen and oxygen atoms in total. The van der Waals surface area contributed by atoms with Gasteiger partial charge in [0, 0.05) is 12.1 Å². The summed E-state index contributed by atoms with van der Waals surface area (Å²) in [6.07, 6.45) is 0.817. The van der Waals surface area contributed by atoms with Gasteiger partial charge in [0.2, 0.25) is 10.0 Å². The van der Waals surface area contributed by atoms with Crippen molar-refractivity contribution in [1.82, 2.24) is 4.72 Å². The van der Waals surface area contributed by atoms with Crippen LogP contribution < -0.4 is 10.0 Å². The summed E-state index contributed by atoms with van der Waals surface area (Å²) in [6.45, 7) is 7.32. The second-order valence-electron chi connectivity index (χ2n) is 5.25. The first-order valence-corrected chi connectivity index (χ1v) is 8.32. The smallest absolute Gasteiger partial charge is 0.335 e. The topological polar surface area (TPSA) is 95.5 Å². The Morgan fingerprint density at radius 3 is 2.38 bits per heavy atom. The molecule has 0 heterocycles. The molecular weight excluding hydrogens is 292 g/mol.